The zero-order valence-corrected chi connectivity index (χ0v) is 27.6. The third kappa shape index (κ3) is 5.46. The fraction of sp³-hybridized carbons (Fsp3) is 1.00. The molecule has 0 heterocycles. The molecule has 4 saturated carbocycles. The molecule has 7 heteroatoms. The lowest BCUT2D eigenvalue weighted by atomic mass is 9.41. The molecule has 4 aliphatic carbocycles. The lowest BCUT2D eigenvalue weighted by molar-refractivity contribution is -0.204. The van der Waals surface area contributed by atoms with Crippen molar-refractivity contribution < 1.29 is 27.4 Å². The normalized spacial score (nSPS) is 45.1. The van der Waals surface area contributed by atoms with Crippen LogP contribution in [0, 0.1) is 63.1 Å². The summed E-state index contributed by atoms with van der Waals surface area (Å²) in [7, 11) is -4.51. The lowest BCUT2D eigenvalue weighted by Gasteiger charge is -2.65. The van der Waals surface area contributed by atoms with E-state index in [0.717, 1.165) is 38.5 Å². The van der Waals surface area contributed by atoms with Gasteiger partial charge in [0, 0.05) is 0 Å². The Hall–Kier alpha value is -0.210. The molecule has 13 unspecified atom stereocenters. The molecule has 0 aromatic rings. The first kappa shape index (κ1) is 32.7. The van der Waals surface area contributed by atoms with Crippen LogP contribution in [-0.4, -0.2) is 41.5 Å². The maximum absolute atomic E-state index is 12.0. The van der Waals surface area contributed by atoms with Crippen molar-refractivity contribution in [3.63, 3.8) is 0 Å². The van der Waals surface area contributed by atoms with Gasteiger partial charge in [-0.25, -0.2) is 4.18 Å². The highest BCUT2D eigenvalue weighted by molar-refractivity contribution is 7.80. The number of fused-ring (bicyclic) bond motifs is 5. The van der Waals surface area contributed by atoms with E-state index in [-0.39, 0.29) is 34.4 Å². The van der Waals surface area contributed by atoms with E-state index in [2.05, 4.69) is 55.4 Å². The van der Waals surface area contributed by atoms with Crippen LogP contribution >= 0.6 is 0 Å². The van der Waals surface area contributed by atoms with Crippen LogP contribution in [0.4, 0.5) is 0 Å². The molecule has 6 nitrogen and oxygen atoms in total. The quantitative estimate of drug-likeness (QED) is 0.246. The molecule has 234 valence electrons. The average Bonchev–Trinajstić information content (AvgIpc) is 3.20. The Kier molecular flexibility index (Phi) is 9.04. The second kappa shape index (κ2) is 11.1. The summed E-state index contributed by atoms with van der Waals surface area (Å²) in [6.45, 7) is 20.1. The number of hydrogen-bond acceptors (Lipinski definition) is 5. The van der Waals surface area contributed by atoms with Gasteiger partial charge in [-0.2, -0.15) is 8.42 Å². The van der Waals surface area contributed by atoms with E-state index >= 15 is 0 Å². The van der Waals surface area contributed by atoms with Crippen LogP contribution in [0.25, 0.3) is 0 Å². The summed E-state index contributed by atoms with van der Waals surface area (Å²) in [6, 6.07) is 0. The topological polar surface area (TPSA) is 104 Å². The van der Waals surface area contributed by atoms with Crippen molar-refractivity contribution in [1.29, 1.82) is 0 Å². The van der Waals surface area contributed by atoms with E-state index < -0.39 is 21.9 Å². The van der Waals surface area contributed by atoms with E-state index in [1.165, 1.54) is 25.7 Å². The van der Waals surface area contributed by atoms with Gasteiger partial charge in [0.25, 0.3) is 0 Å². The van der Waals surface area contributed by atoms with Crippen molar-refractivity contribution in [3.05, 3.63) is 0 Å². The summed E-state index contributed by atoms with van der Waals surface area (Å²) in [4.78, 5) is 0. The highest BCUT2D eigenvalue weighted by Crippen LogP contribution is 2.70. The van der Waals surface area contributed by atoms with Crippen molar-refractivity contribution in [2.75, 3.05) is 0 Å². The molecule has 4 rings (SSSR count). The predicted molar refractivity (Wildman–Crippen MR) is 160 cm³/mol. The summed E-state index contributed by atoms with van der Waals surface area (Å²) in [6.07, 6.45) is 9.20. The molecular weight excluding hydrogens is 524 g/mol. The zero-order chi connectivity index (χ0) is 30.1. The van der Waals surface area contributed by atoms with Crippen LogP contribution in [0.15, 0.2) is 0 Å². The minimum Gasteiger partial charge on any atom is -0.393 e. The summed E-state index contributed by atoms with van der Waals surface area (Å²) in [5.41, 5.74) is -0.0732. The minimum absolute atomic E-state index is 0.0204. The van der Waals surface area contributed by atoms with Crippen molar-refractivity contribution in [1.82, 2.24) is 0 Å². The molecule has 0 amide bonds. The van der Waals surface area contributed by atoms with E-state index in [0.29, 0.717) is 35.5 Å². The third-order valence-electron chi connectivity index (χ3n) is 14.2. The molecule has 0 aliphatic heterocycles. The first-order chi connectivity index (χ1) is 18.3. The molecule has 0 spiro atoms. The monoisotopic (exact) mass is 584 g/mol. The second-order valence-electron chi connectivity index (χ2n) is 16.2. The molecule has 0 saturated heterocycles. The number of rotatable bonds is 9. The van der Waals surface area contributed by atoms with Crippen LogP contribution in [-0.2, 0) is 14.6 Å². The van der Waals surface area contributed by atoms with Gasteiger partial charge in [0.2, 0.25) is 0 Å². The van der Waals surface area contributed by atoms with E-state index in [9.17, 15) is 23.2 Å². The van der Waals surface area contributed by atoms with Gasteiger partial charge in [-0.3, -0.25) is 4.55 Å². The molecule has 0 aromatic carbocycles. The first-order valence-corrected chi connectivity index (χ1v) is 17.7. The van der Waals surface area contributed by atoms with Crippen molar-refractivity contribution in [2.24, 2.45) is 63.1 Å². The smallest absolute Gasteiger partial charge is 0.393 e. The fourth-order valence-corrected chi connectivity index (χ4v) is 12.0. The van der Waals surface area contributed by atoms with Gasteiger partial charge in [0.15, 0.2) is 0 Å². The summed E-state index contributed by atoms with van der Waals surface area (Å²) in [5, 5.41) is 22.6. The van der Waals surface area contributed by atoms with Crippen molar-refractivity contribution in [3.8, 4) is 0 Å². The number of aliphatic hydroxyl groups excluding tert-OH is 2. The molecule has 3 N–H and O–H groups in total. The van der Waals surface area contributed by atoms with Gasteiger partial charge >= 0.3 is 10.4 Å². The van der Waals surface area contributed by atoms with Crippen molar-refractivity contribution >= 4 is 10.4 Å². The molecule has 4 aliphatic rings. The van der Waals surface area contributed by atoms with Gasteiger partial charge in [-0.05, 0) is 121 Å². The Balaban J connectivity index is 1.60. The van der Waals surface area contributed by atoms with E-state index in [1.54, 1.807) is 6.92 Å². The molecule has 4 fully saturated rings. The molecule has 0 bridgehead atoms. The summed E-state index contributed by atoms with van der Waals surface area (Å²) < 4.78 is 37.3. The second-order valence-corrected chi connectivity index (χ2v) is 17.3. The van der Waals surface area contributed by atoms with Crippen LogP contribution in [0.3, 0.4) is 0 Å². The third-order valence-corrected chi connectivity index (χ3v) is 14.7. The van der Waals surface area contributed by atoms with E-state index in [1.807, 2.05) is 0 Å². The predicted octanol–water partition coefficient (Wildman–Crippen LogP) is 7.29. The van der Waals surface area contributed by atoms with Crippen molar-refractivity contribution in [2.45, 2.75) is 145 Å². The first-order valence-electron chi connectivity index (χ1n) is 16.4. The lowest BCUT2D eigenvalue weighted by Crippen LogP contribution is -2.62. The molecular formula is C33H60O6S. The average molecular weight is 585 g/mol. The Bertz CT molecular complexity index is 1010. The summed E-state index contributed by atoms with van der Waals surface area (Å²) >= 11 is 0. The molecule has 13 atom stereocenters. The Morgan fingerprint density at radius 3 is 2.10 bits per heavy atom. The SMILES string of the molecule is CCC1C(O)C2C(CCC3(C)C2CCC3C(C)C(C)(CC)CC(C)(C)C(C)OS(=O)(=O)O)C2(C)CCC(O)CC12. The Morgan fingerprint density at radius 1 is 0.925 bits per heavy atom. The maximum Gasteiger partial charge on any atom is 0.397 e. The van der Waals surface area contributed by atoms with Crippen LogP contribution in [0.1, 0.15) is 127 Å². The molecule has 0 aromatic heterocycles. The largest absolute Gasteiger partial charge is 0.397 e. The standard InChI is InChI=1S/C33H60O6S/c1-10-23-27-18-22(34)14-16-33(27,9)26-15-17-32(8)24(12-13-25(32)28(26)29(23)35)20(3)31(7,11-2)19-30(5,6)21(4)39-40(36,37)38/h20-29,34-35H,10-19H2,1-9H3,(H,36,37,38). The molecule has 40 heavy (non-hydrogen) atoms. The van der Waals surface area contributed by atoms with Crippen LogP contribution in [0.5, 0.6) is 0 Å². The van der Waals surface area contributed by atoms with Gasteiger partial charge in [-0.1, -0.05) is 68.2 Å². The summed E-state index contributed by atoms with van der Waals surface area (Å²) in [5.74, 6) is 3.04. The highest BCUT2D eigenvalue weighted by Gasteiger charge is 2.65. The van der Waals surface area contributed by atoms with Crippen LogP contribution in [0.2, 0.25) is 0 Å². The van der Waals surface area contributed by atoms with Crippen LogP contribution < -0.4 is 0 Å². The van der Waals surface area contributed by atoms with Gasteiger partial charge in [0.1, 0.15) is 0 Å². The highest BCUT2D eigenvalue weighted by atomic mass is 32.3. The Morgan fingerprint density at radius 2 is 1.52 bits per heavy atom. The van der Waals surface area contributed by atoms with E-state index in [4.69, 9.17) is 4.18 Å². The fourth-order valence-electron chi connectivity index (χ4n) is 11.4. The van der Waals surface area contributed by atoms with Gasteiger partial charge in [-0.15, -0.1) is 0 Å². The minimum atomic E-state index is -4.51. The zero-order valence-electron chi connectivity index (χ0n) is 26.8. The van der Waals surface area contributed by atoms with Gasteiger partial charge in [0.05, 0.1) is 18.3 Å². The Labute approximate surface area is 245 Å². The number of hydrogen-bond donors (Lipinski definition) is 3. The molecule has 0 radical (unpaired) electrons. The van der Waals surface area contributed by atoms with Gasteiger partial charge < -0.3 is 10.2 Å². The maximum atomic E-state index is 12.0. The number of aliphatic hydroxyl groups is 2.